The first-order valence-electron chi connectivity index (χ1n) is 7.24. The number of hydrogen-bond donors (Lipinski definition) is 0. The van der Waals surface area contributed by atoms with Gasteiger partial charge in [-0.05, 0) is 0 Å². The zero-order valence-corrected chi connectivity index (χ0v) is 13.9. The van der Waals surface area contributed by atoms with Crippen LogP contribution in [0.1, 0.15) is 18.4 Å². The fraction of sp³-hybridized carbons (Fsp3) is 0.278. The maximum absolute atomic E-state index is 5.20. The number of nitrogens with zero attached hydrogens (tertiary/aromatic N) is 1. The van der Waals surface area contributed by atoms with Gasteiger partial charge in [0.05, 0.1) is 0 Å². The maximum atomic E-state index is 5.20. The fourth-order valence-corrected chi connectivity index (χ4v) is 4.49. The van der Waals surface area contributed by atoms with E-state index < -0.39 is 0 Å². The average molecular weight is 344 g/mol. The van der Waals surface area contributed by atoms with Crippen LogP contribution in [-0.4, -0.2) is 33.8 Å². The van der Waals surface area contributed by atoms with Crippen molar-refractivity contribution in [1.29, 1.82) is 0 Å². The first kappa shape index (κ1) is 14.4. The molecule has 0 radical (unpaired) electrons. The van der Waals surface area contributed by atoms with Crippen molar-refractivity contribution in [1.82, 2.24) is 0 Å². The summed E-state index contributed by atoms with van der Waals surface area (Å²) in [7, 11) is 1.71. The second-order valence-electron chi connectivity index (χ2n) is 5.12. The third kappa shape index (κ3) is 3.75. The number of aliphatic imine (C=N–C) groups is 1. The molecule has 1 unspecified atom stereocenters. The summed E-state index contributed by atoms with van der Waals surface area (Å²) in [6, 6.07) is 19.5. The molecule has 0 saturated carbocycles. The molecule has 21 heavy (non-hydrogen) atoms. The van der Waals surface area contributed by atoms with E-state index in [1.54, 1.807) is 7.11 Å². The molecule has 108 valence electrons. The van der Waals surface area contributed by atoms with Gasteiger partial charge >= 0.3 is 132 Å². The topological polar surface area (TPSA) is 21.6 Å². The Labute approximate surface area is 132 Å². The summed E-state index contributed by atoms with van der Waals surface area (Å²) >= 11 is 0.493. The van der Waals surface area contributed by atoms with Gasteiger partial charge < -0.3 is 0 Å². The SMILES string of the molecule is COc1ccc([Se]CC2CCC(c3ccccc3)=N2)cc1. The first-order chi connectivity index (χ1) is 10.3. The van der Waals surface area contributed by atoms with Crippen molar-refractivity contribution < 1.29 is 4.74 Å². The van der Waals surface area contributed by atoms with Gasteiger partial charge in [-0.15, -0.1) is 0 Å². The van der Waals surface area contributed by atoms with Gasteiger partial charge in [0.2, 0.25) is 0 Å². The van der Waals surface area contributed by atoms with E-state index in [1.807, 2.05) is 12.1 Å². The van der Waals surface area contributed by atoms with Crippen molar-refractivity contribution in [2.75, 3.05) is 7.11 Å². The second-order valence-corrected chi connectivity index (χ2v) is 7.41. The molecule has 2 aromatic carbocycles. The van der Waals surface area contributed by atoms with Crippen molar-refractivity contribution in [2.45, 2.75) is 24.2 Å². The van der Waals surface area contributed by atoms with E-state index in [2.05, 4.69) is 42.5 Å². The van der Waals surface area contributed by atoms with Gasteiger partial charge in [-0.25, -0.2) is 0 Å². The van der Waals surface area contributed by atoms with Gasteiger partial charge in [-0.2, -0.15) is 0 Å². The number of rotatable bonds is 5. The molecule has 2 aromatic rings. The van der Waals surface area contributed by atoms with Gasteiger partial charge in [0.15, 0.2) is 0 Å². The Morgan fingerprint density at radius 3 is 2.57 bits per heavy atom. The summed E-state index contributed by atoms with van der Waals surface area (Å²) in [5, 5.41) is 1.19. The second kappa shape index (κ2) is 6.93. The predicted octanol–water partition coefficient (Wildman–Crippen LogP) is 3.09. The summed E-state index contributed by atoms with van der Waals surface area (Å²) in [5.74, 6) is 0.930. The van der Waals surface area contributed by atoms with Gasteiger partial charge in [0, 0.05) is 0 Å². The van der Waals surface area contributed by atoms with Crippen LogP contribution in [0.3, 0.4) is 0 Å². The molecule has 1 aliphatic rings. The molecule has 1 aliphatic heterocycles. The van der Waals surface area contributed by atoms with E-state index in [-0.39, 0.29) is 0 Å². The number of hydrogen-bond acceptors (Lipinski definition) is 2. The molecule has 0 N–H and O–H groups in total. The molecule has 0 aliphatic carbocycles. The van der Waals surface area contributed by atoms with Crippen LogP contribution < -0.4 is 9.20 Å². The van der Waals surface area contributed by atoms with E-state index in [9.17, 15) is 0 Å². The zero-order chi connectivity index (χ0) is 14.5. The molecule has 1 atom stereocenters. The molecule has 0 amide bonds. The van der Waals surface area contributed by atoms with Gasteiger partial charge in [0.25, 0.3) is 0 Å². The minimum atomic E-state index is 0.493. The Balaban J connectivity index is 1.58. The summed E-state index contributed by atoms with van der Waals surface area (Å²) in [6.45, 7) is 0. The Kier molecular flexibility index (Phi) is 4.74. The molecular weight excluding hydrogens is 325 g/mol. The first-order valence-corrected chi connectivity index (χ1v) is 9.31. The summed E-state index contributed by atoms with van der Waals surface area (Å²) < 4.78 is 6.62. The average Bonchev–Trinajstić information content (AvgIpc) is 3.03. The van der Waals surface area contributed by atoms with Crippen LogP contribution in [0.15, 0.2) is 59.6 Å². The van der Waals surface area contributed by atoms with Crippen LogP contribution in [0, 0.1) is 0 Å². The van der Waals surface area contributed by atoms with Crippen LogP contribution in [0.5, 0.6) is 5.75 Å². The fourth-order valence-electron chi connectivity index (χ4n) is 2.49. The molecule has 0 bridgehead atoms. The van der Waals surface area contributed by atoms with Crippen LogP contribution in [0.4, 0.5) is 0 Å². The van der Waals surface area contributed by atoms with E-state index in [4.69, 9.17) is 9.73 Å². The third-order valence-corrected chi connectivity index (χ3v) is 6.09. The van der Waals surface area contributed by atoms with Crippen molar-refractivity contribution >= 4 is 25.1 Å². The van der Waals surface area contributed by atoms with E-state index in [0.717, 1.165) is 12.2 Å². The Hall–Kier alpha value is -1.57. The summed E-state index contributed by atoms with van der Waals surface area (Å²) in [6.07, 6.45) is 2.31. The number of benzene rings is 2. The Bertz CT molecular complexity index is 607. The Morgan fingerprint density at radius 2 is 1.86 bits per heavy atom. The van der Waals surface area contributed by atoms with Gasteiger partial charge in [0.1, 0.15) is 0 Å². The van der Waals surface area contributed by atoms with Crippen LogP contribution in [-0.2, 0) is 0 Å². The summed E-state index contributed by atoms with van der Waals surface area (Å²) in [5.41, 5.74) is 2.57. The normalized spacial score (nSPS) is 17.6. The zero-order valence-electron chi connectivity index (χ0n) is 12.2. The van der Waals surface area contributed by atoms with Crippen LogP contribution >= 0.6 is 0 Å². The monoisotopic (exact) mass is 345 g/mol. The van der Waals surface area contributed by atoms with Gasteiger partial charge in [-0.3, -0.25) is 0 Å². The summed E-state index contributed by atoms with van der Waals surface area (Å²) in [4.78, 5) is 4.91. The van der Waals surface area contributed by atoms with Crippen molar-refractivity contribution in [3.05, 3.63) is 60.2 Å². The quantitative estimate of drug-likeness (QED) is 0.764. The molecule has 2 nitrogen and oxygen atoms in total. The molecule has 0 fully saturated rings. The van der Waals surface area contributed by atoms with E-state index in [0.29, 0.717) is 21.0 Å². The molecule has 3 heteroatoms. The van der Waals surface area contributed by atoms with E-state index in [1.165, 1.54) is 27.5 Å². The molecule has 3 rings (SSSR count). The third-order valence-electron chi connectivity index (χ3n) is 3.66. The Morgan fingerprint density at radius 1 is 1.10 bits per heavy atom. The van der Waals surface area contributed by atoms with E-state index >= 15 is 0 Å². The van der Waals surface area contributed by atoms with Gasteiger partial charge in [-0.1, -0.05) is 0 Å². The molecule has 1 heterocycles. The molecule has 0 spiro atoms. The molecule has 0 saturated heterocycles. The van der Waals surface area contributed by atoms with Crippen molar-refractivity contribution in [2.24, 2.45) is 4.99 Å². The standard InChI is InChI=1S/C18H19NOSe/c1-20-16-8-10-17(11-9-16)21-13-15-7-12-18(19-15)14-5-3-2-4-6-14/h2-6,8-11,15H,7,12-13H2,1H3. The minimum absolute atomic E-state index is 0.493. The number of methoxy groups -OCH3 is 1. The molecular formula is C18H19NOSe. The van der Waals surface area contributed by atoms with Crippen molar-refractivity contribution in [3.8, 4) is 5.75 Å². The predicted molar refractivity (Wildman–Crippen MR) is 89.2 cm³/mol. The molecule has 0 aromatic heterocycles. The van der Waals surface area contributed by atoms with Crippen molar-refractivity contribution in [3.63, 3.8) is 0 Å². The number of ether oxygens (including phenoxy) is 1. The van der Waals surface area contributed by atoms with Crippen LogP contribution in [0.2, 0.25) is 5.32 Å². The van der Waals surface area contributed by atoms with Crippen LogP contribution in [0.25, 0.3) is 0 Å².